The van der Waals surface area contributed by atoms with Gasteiger partial charge in [0.15, 0.2) is 0 Å². The van der Waals surface area contributed by atoms with Crippen LogP contribution in [0.2, 0.25) is 0 Å². The smallest absolute Gasteiger partial charge is 0.322 e. The summed E-state index contributed by atoms with van der Waals surface area (Å²) in [7, 11) is 0. The lowest BCUT2D eigenvalue weighted by molar-refractivity contribution is -0.138. The quantitative estimate of drug-likeness (QED) is 0.111. The first-order valence-corrected chi connectivity index (χ1v) is 11.1. The summed E-state index contributed by atoms with van der Waals surface area (Å²) in [5.74, 6) is -4.85. The third-order valence-corrected chi connectivity index (χ3v) is 5.08. The molecule has 0 aliphatic carbocycles. The molecule has 1 saturated heterocycles. The zero-order valence-electron chi connectivity index (χ0n) is 19.8. The van der Waals surface area contributed by atoms with Gasteiger partial charge in [0, 0.05) is 13.0 Å². The van der Waals surface area contributed by atoms with Gasteiger partial charge in [-0.15, -0.1) is 0 Å². The predicted molar refractivity (Wildman–Crippen MR) is 122 cm³/mol. The maximum absolute atomic E-state index is 12.8. The standard InChI is InChI=1S/C21H34N6O8/c1-10(2)6-13(19(33)25-9-17(31)32)27-20(34)12(4-5-15(22)29)26-16(30)8-24-21(35)18-11(3)14(28)7-23-18/h10,12-14,18,23,28H,3-9H2,1-2H3,(H2,22,29)(H,24,35)(H,25,33)(H,26,30)(H,27,34)(H,31,32)/t12-,13+,14+,18+/m0/s1. The number of aliphatic hydroxyl groups excluding tert-OH is 1. The monoisotopic (exact) mass is 498 g/mol. The van der Waals surface area contributed by atoms with Crippen molar-refractivity contribution in [1.29, 1.82) is 0 Å². The molecule has 1 aliphatic rings. The summed E-state index contributed by atoms with van der Waals surface area (Å²) in [6.45, 7) is 6.23. The van der Waals surface area contributed by atoms with Gasteiger partial charge in [0.25, 0.3) is 0 Å². The van der Waals surface area contributed by atoms with Crippen LogP contribution in [0.4, 0.5) is 0 Å². The fraction of sp³-hybridized carbons (Fsp3) is 0.619. The largest absolute Gasteiger partial charge is 0.480 e. The minimum absolute atomic E-state index is 0.0396. The van der Waals surface area contributed by atoms with E-state index in [0.717, 1.165) is 0 Å². The third-order valence-electron chi connectivity index (χ3n) is 5.08. The summed E-state index contributed by atoms with van der Waals surface area (Å²) in [5.41, 5.74) is 5.41. The van der Waals surface area contributed by atoms with Crippen LogP contribution in [0.3, 0.4) is 0 Å². The third kappa shape index (κ3) is 10.5. The van der Waals surface area contributed by atoms with Crippen molar-refractivity contribution in [2.75, 3.05) is 19.6 Å². The molecule has 14 nitrogen and oxygen atoms in total. The molecule has 0 aromatic rings. The second-order valence-electron chi connectivity index (χ2n) is 8.58. The maximum Gasteiger partial charge on any atom is 0.322 e. The summed E-state index contributed by atoms with van der Waals surface area (Å²) in [5, 5.41) is 30.6. The minimum Gasteiger partial charge on any atom is -0.480 e. The first kappa shape index (κ1) is 29.5. The molecule has 5 amide bonds. The highest BCUT2D eigenvalue weighted by Crippen LogP contribution is 2.12. The molecule has 4 atom stereocenters. The molecule has 9 N–H and O–H groups in total. The Bertz CT molecular complexity index is 846. The molecule has 196 valence electrons. The van der Waals surface area contributed by atoms with Crippen LogP contribution in [-0.2, 0) is 28.8 Å². The van der Waals surface area contributed by atoms with E-state index in [1.807, 2.05) is 0 Å². The van der Waals surface area contributed by atoms with Crippen molar-refractivity contribution in [2.45, 2.75) is 57.3 Å². The van der Waals surface area contributed by atoms with Gasteiger partial charge in [-0.1, -0.05) is 20.4 Å². The molecule has 0 bridgehead atoms. The number of carboxylic acid groups (broad SMARTS) is 1. The number of aliphatic carboxylic acids is 1. The molecule has 1 rings (SSSR count). The molecule has 14 heteroatoms. The highest BCUT2D eigenvalue weighted by Gasteiger charge is 2.32. The second kappa shape index (κ2) is 14.0. The van der Waals surface area contributed by atoms with Gasteiger partial charge in [0.2, 0.25) is 29.5 Å². The van der Waals surface area contributed by atoms with Crippen LogP contribution < -0.4 is 32.3 Å². The Balaban J connectivity index is 2.79. The summed E-state index contributed by atoms with van der Waals surface area (Å²) in [6.07, 6.45) is -1.10. The number of β-amino-alcohol motifs (C(OH)–C–C–N with tert-alkyl or cyclic N) is 1. The number of nitrogens with two attached hydrogens (primary N) is 1. The average molecular weight is 499 g/mol. The topological polar surface area (TPSA) is 229 Å². The summed E-state index contributed by atoms with van der Waals surface area (Å²) < 4.78 is 0. The van der Waals surface area contributed by atoms with Crippen LogP contribution >= 0.6 is 0 Å². The molecular formula is C21H34N6O8. The van der Waals surface area contributed by atoms with Gasteiger partial charge in [-0.05, 0) is 24.3 Å². The molecule has 0 spiro atoms. The van der Waals surface area contributed by atoms with E-state index in [2.05, 4.69) is 33.2 Å². The predicted octanol–water partition coefficient (Wildman–Crippen LogP) is -3.53. The van der Waals surface area contributed by atoms with Crippen molar-refractivity contribution in [1.82, 2.24) is 26.6 Å². The zero-order chi connectivity index (χ0) is 26.7. The zero-order valence-corrected chi connectivity index (χ0v) is 19.8. The van der Waals surface area contributed by atoms with E-state index in [0.29, 0.717) is 0 Å². The molecule has 0 radical (unpaired) electrons. The number of hydrogen-bond acceptors (Lipinski definition) is 8. The molecule has 1 heterocycles. The van der Waals surface area contributed by atoms with Crippen LogP contribution in [0.25, 0.3) is 0 Å². The van der Waals surface area contributed by atoms with Crippen molar-refractivity contribution >= 4 is 35.5 Å². The van der Waals surface area contributed by atoms with E-state index in [9.17, 15) is 33.9 Å². The Labute approximate surface area is 202 Å². The molecule has 1 aliphatic heterocycles. The number of carbonyl (C=O) groups is 6. The first-order chi connectivity index (χ1) is 16.3. The first-order valence-electron chi connectivity index (χ1n) is 11.1. The van der Waals surface area contributed by atoms with Crippen molar-refractivity contribution in [3.05, 3.63) is 12.2 Å². The van der Waals surface area contributed by atoms with Crippen LogP contribution in [0, 0.1) is 5.92 Å². The van der Waals surface area contributed by atoms with Gasteiger partial charge in [0.05, 0.1) is 12.6 Å². The molecule has 0 aromatic heterocycles. The van der Waals surface area contributed by atoms with Gasteiger partial charge in [-0.3, -0.25) is 34.1 Å². The highest BCUT2D eigenvalue weighted by molar-refractivity contribution is 5.94. The van der Waals surface area contributed by atoms with E-state index in [1.54, 1.807) is 13.8 Å². The van der Waals surface area contributed by atoms with Gasteiger partial charge in [-0.25, -0.2) is 0 Å². The SMILES string of the molecule is C=C1[C@H](C(=O)NCC(=O)N[C@@H](CCC(N)=O)C(=O)N[C@H](CC(C)C)C(=O)NCC(=O)O)NC[C@H]1O. The van der Waals surface area contributed by atoms with E-state index in [-0.39, 0.29) is 37.3 Å². The van der Waals surface area contributed by atoms with Crippen molar-refractivity contribution < 1.29 is 39.0 Å². The van der Waals surface area contributed by atoms with E-state index >= 15 is 0 Å². The lowest BCUT2D eigenvalue weighted by Crippen LogP contribution is -2.55. The fourth-order valence-electron chi connectivity index (χ4n) is 3.28. The lowest BCUT2D eigenvalue weighted by atomic mass is 10.0. The molecular weight excluding hydrogens is 464 g/mol. The molecule has 0 saturated carbocycles. The Morgan fingerprint density at radius 3 is 2.23 bits per heavy atom. The number of rotatable bonds is 14. The van der Waals surface area contributed by atoms with E-state index in [4.69, 9.17) is 10.8 Å². The summed E-state index contributed by atoms with van der Waals surface area (Å²) in [4.78, 5) is 71.8. The van der Waals surface area contributed by atoms with Crippen molar-refractivity contribution in [3.63, 3.8) is 0 Å². The number of carboxylic acids is 1. The Hall–Kier alpha value is -3.52. The van der Waals surface area contributed by atoms with Crippen LogP contribution in [0.1, 0.15) is 33.1 Å². The van der Waals surface area contributed by atoms with Gasteiger partial charge < -0.3 is 37.2 Å². The number of amides is 5. The van der Waals surface area contributed by atoms with Crippen molar-refractivity contribution in [2.24, 2.45) is 11.7 Å². The Morgan fingerprint density at radius 1 is 1.06 bits per heavy atom. The summed E-state index contributed by atoms with van der Waals surface area (Å²) >= 11 is 0. The van der Waals surface area contributed by atoms with E-state index < -0.39 is 72.8 Å². The van der Waals surface area contributed by atoms with Crippen LogP contribution in [0.15, 0.2) is 12.2 Å². The normalized spacial score (nSPS) is 18.9. The average Bonchev–Trinajstić information content (AvgIpc) is 3.10. The van der Waals surface area contributed by atoms with Crippen LogP contribution in [-0.4, -0.2) is 89.6 Å². The summed E-state index contributed by atoms with van der Waals surface area (Å²) in [6, 6.07) is -3.21. The van der Waals surface area contributed by atoms with Gasteiger partial charge in [0.1, 0.15) is 24.7 Å². The number of hydrogen-bond donors (Lipinski definition) is 8. The van der Waals surface area contributed by atoms with Crippen molar-refractivity contribution in [3.8, 4) is 0 Å². The van der Waals surface area contributed by atoms with E-state index in [1.165, 1.54) is 0 Å². The van der Waals surface area contributed by atoms with Gasteiger partial charge in [-0.2, -0.15) is 0 Å². The Kier molecular flexibility index (Phi) is 11.8. The number of aliphatic hydroxyl groups is 1. The minimum atomic E-state index is -1.26. The maximum atomic E-state index is 12.8. The van der Waals surface area contributed by atoms with Gasteiger partial charge >= 0.3 is 5.97 Å². The number of carbonyl (C=O) groups excluding carboxylic acids is 5. The molecule has 35 heavy (non-hydrogen) atoms. The lowest BCUT2D eigenvalue weighted by Gasteiger charge is -2.24. The number of nitrogens with one attached hydrogen (secondary N) is 5. The molecule has 1 fully saturated rings. The number of primary amides is 1. The molecule has 0 unspecified atom stereocenters. The Morgan fingerprint density at radius 2 is 1.71 bits per heavy atom. The second-order valence-corrected chi connectivity index (χ2v) is 8.58. The highest BCUT2D eigenvalue weighted by atomic mass is 16.4. The van der Waals surface area contributed by atoms with Crippen LogP contribution in [0.5, 0.6) is 0 Å². The fourth-order valence-corrected chi connectivity index (χ4v) is 3.28. The molecule has 0 aromatic carbocycles.